The third-order valence-corrected chi connectivity index (χ3v) is 3.83. The largest absolute Gasteiger partial charge is 0.351 e. The number of nitrogens with one attached hydrogen (secondary N) is 2. The maximum atomic E-state index is 12.2. The van der Waals surface area contributed by atoms with Crippen molar-refractivity contribution in [3.05, 3.63) is 46.4 Å². The van der Waals surface area contributed by atoms with Crippen LogP contribution in [0.3, 0.4) is 0 Å². The molecule has 0 aliphatic carbocycles. The van der Waals surface area contributed by atoms with Crippen molar-refractivity contribution in [3.8, 4) is 0 Å². The monoisotopic (exact) mass is 346 g/mol. The minimum Gasteiger partial charge on any atom is -0.351 e. The van der Waals surface area contributed by atoms with Gasteiger partial charge in [-0.2, -0.15) is 0 Å². The predicted octanol–water partition coefficient (Wildman–Crippen LogP) is 4.41. The third kappa shape index (κ3) is 5.20. The molecule has 0 aliphatic rings. The molecule has 1 amide bonds. The van der Waals surface area contributed by atoms with Crippen molar-refractivity contribution >= 4 is 29.0 Å². The summed E-state index contributed by atoms with van der Waals surface area (Å²) in [6.07, 6.45) is 3.19. The normalized spacial score (nSPS) is 10.5. The number of nitrogens with zero attached hydrogens (tertiary/aromatic N) is 2. The van der Waals surface area contributed by atoms with Gasteiger partial charge in [-0.15, -0.1) is 0 Å². The molecule has 1 aromatic carbocycles. The number of aryl methyl sites for hydroxylation is 2. The van der Waals surface area contributed by atoms with Crippen LogP contribution in [-0.2, 0) is 0 Å². The highest BCUT2D eigenvalue weighted by Crippen LogP contribution is 2.23. The number of carbonyl (C=O) groups excluding carboxylic acids is 1. The van der Waals surface area contributed by atoms with Crippen molar-refractivity contribution in [2.45, 2.75) is 40.0 Å². The van der Waals surface area contributed by atoms with Crippen molar-refractivity contribution in [2.24, 2.45) is 0 Å². The van der Waals surface area contributed by atoms with Crippen molar-refractivity contribution in [1.82, 2.24) is 15.3 Å². The molecule has 2 rings (SSSR count). The van der Waals surface area contributed by atoms with E-state index in [1.165, 1.54) is 0 Å². The van der Waals surface area contributed by atoms with Crippen molar-refractivity contribution in [2.75, 3.05) is 11.9 Å². The Hall–Kier alpha value is -2.14. The minimum absolute atomic E-state index is 0.178. The van der Waals surface area contributed by atoms with E-state index < -0.39 is 0 Å². The van der Waals surface area contributed by atoms with Gasteiger partial charge in [-0.05, 0) is 38.0 Å². The number of halogens is 1. The number of benzene rings is 1. The van der Waals surface area contributed by atoms with Crippen molar-refractivity contribution in [3.63, 3.8) is 0 Å². The molecule has 0 spiro atoms. The van der Waals surface area contributed by atoms with E-state index in [9.17, 15) is 4.79 Å². The molecule has 24 heavy (non-hydrogen) atoms. The lowest BCUT2D eigenvalue weighted by atomic mass is 10.2. The van der Waals surface area contributed by atoms with Crippen LogP contribution >= 0.6 is 11.6 Å². The van der Waals surface area contributed by atoms with E-state index in [1.54, 1.807) is 13.0 Å². The van der Waals surface area contributed by atoms with Crippen LogP contribution in [-0.4, -0.2) is 22.4 Å². The Bertz CT molecular complexity index is 718. The SMILES string of the molecule is CCCCCNC(=O)c1cc(Nc2cc(Cl)ccc2C)nc(C)n1. The Labute approximate surface area is 147 Å². The summed E-state index contributed by atoms with van der Waals surface area (Å²) in [4.78, 5) is 20.8. The number of amides is 1. The molecule has 0 aliphatic heterocycles. The lowest BCUT2D eigenvalue weighted by molar-refractivity contribution is 0.0947. The van der Waals surface area contributed by atoms with Gasteiger partial charge in [0.2, 0.25) is 0 Å². The lowest BCUT2D eigenvalue weighted by Gasteiger charge is -2.11. The number of aromatic nitrogens is 2. The molecular weight excluding hydrogens is 324 g/mol. The molecule has 0 saturated heterocycles. The Morgan fingerprint density at radius 2 is 1.96 bits per heavy atom. The van der Waals surface area contributed by atoms with E-state index in [4.69, 9.17) is 11.6 Å². The van der Waals surface area contributed by atoms with Gasteiger partial charge in [-0.1, -0.05) is 37.4 Å². The first-order valence-corrected chi connectivity index (χ1v) is 8.54. The topological polar surface area (TPSA) is 66.9 Å². The Kier molecular flexibility index (Phi) is 6.55. The van der Waals surface area contributed by atoms with Crippen LogP contribution < -0.4 is 10.6 Å². The number of anilines is 2. The third-order valence-electron chi connectivity index (χ3n) is 3.60. The van der Waals surface area contributed by atoms with Crippen molar-refractivity contribution in [1.29, 1.82) is 0 Å². The smallest absolute Gasteiger partial charge is 0.270 e. The zero-order chi connectivity index (χ0) is 17.5. The summed E-state index contributed by atoms with van der Waals surface area (Å²) in [5.41, 5.74) is 2.26. The average Bonchev–Trinajstić information content (AvgIpc) is 2.54. The number of carbonyl (C=O) groups is 1. The van der Waals surface area contributed by atoms with E-state index in [2.05, 4.69) is 27.5 Å². The minimum atomic E-state index is -0.178. The first-order valence-electron chi connectivity index (χ1n) is 8.16. The van der Waals surface area contributed by atoms with Gasteiger partial charge in [0.05, 0.1) is 0 Å². The van der Waals surface area contributed by atoms with E-state index in [-0.39, 0.29) is 5.91 Å². The Balaban J connectivity index is 2.13. The summed E-state index contributed by atoms with van der Waals surface area (Å²) in [6, 6.07) is 7.25. The molecule has 0 atom stereocenters. The second kappa shape index (κ2) is 8.64. The summed E-state index contributed by atoms with van der Waals surface area (Å²) in [6.45, 7) is 6.54. The van der Waals surface area contributed by atoms with Crippen LogP contribution in [0.15, 0.2) is 24.3 Å². The molecule has 128 valence electrons. The van der Waals surface area contributed by atoms with E-state index in [1.807, 2.05) is 25.1 Å². The number of hydrogen-bond donors (Lipinski definition) is 2. The molecule has 6 heteroatoms. The van der Waals surface area contributed by atoms with Gasteiger partial charge >= 0.3 is 0 Å². The lowest BCUT2D eigenvalue weighted by Crippen LogP contribution is -2.25. The summed E-state index contributed by atoms with van der Waals surface area (Å²) < 4.78 is 0. The fourth-order valence-electron chi connectivity index (χ4n) is 2.28. The average molecular weight is 347 g/mol. The van der Waals surface area contributed by atoms with Gasteiger partial charge < -0.3 is 10.6 Å². The molecular formula is C18H23ClN4O. The summed E-state index contributed by atoms with van der Waals surface area (Å²) >= 11 is 6.04. The number of hydrogen-bond acceptors (Lipinski definition) is 4. The highest BCUT2D eigenvalue weighted by molar-refractivity contribution is 6.30. The van der Waals surface area contributed by atoms with Crippen LogP contribution in [0.5, 0.6) is 0 Å². The van der Waals surface area contributed by atoms with Crippen molar-refractivity contribution < 1.29 is 4.79 Å². The van der Waals surface area contributed by atoms with E-state index in [0.717, 1.165) is 30.5 Å². The summed E-state index contributed by atoms with van der Waals surface area (Å²) in [5.74, 6) is 0.937. The second-order valence-electron chi connectivity index (χ2n) is 5.73. The fraction of sp³-hybridized carbons (Fsp3) is 0.389. The molecule has 2 aromatic rings. The second-order valence-corrected chi connectivity index (χ2v) is 6.17. The molecule has 1 aromatic heterocycles. The van der Waals surface area contributed by atoms with Gasteiger partial charge in [0.25, 0.3) is 5.91 Å². The molecule has 1 heterocycles. The zero-order valence-electron chi connectivity index (χ0n) is 14.3. The highest BCUT2D eigenvalue weighted by Gasteiger charge is 2.11. The molecule has 0 unspecified atom stereocenters. The van der Waals surface area contributed by atoms with Crippen LogP contribution in [0.2, 0.25) is 5.02 Å². The van der Waals surface area contributed by atoms with Crippen LogP contribution in [0.4, 0.5) is 11.5 Å². The van der Waals surface area contributed by atoms with Gasteiger partial charge in [0.1, 0.15) is 17.3 Å². The number of unbranched alkanes of at least 4 members (excludes halogenated alkanes) is 2. The molecule has 0 fully saturated rings. The van der Waals surface area contributed by atoms with Gasteiger partial charge in [-0.25, -0.2) is 9.97 Å². The predicted molar refractivity (Wildman–Crippen MR) is 98.1 cm³/mol. The fourth-order valence-corrected chi connectivity index (χ4v) is 2.45. The van der Waals surface area contributed by atoms with E-state index in [0.29, 0.717) is 28.9 Å². The first kappa shape index (κ1) is 18.2. The molecule has 0 radical (unpaired) electrons. The van der Waals surface area contributed by atoms with Crippen LogP contribution in [0.25, 0.3) is 0 Å². The molecule has 2 N–H and O–H groups in total. The maximum Gasteiger partial charge on any atom is 0.270 e. The quantitative estimate of drug-likeness (QED) is 0.729. The maximum absolute atomic E-state index is 12.2. The Morgan fingerprint density at radius 1 is 1.17 bits per heavy atom. The van der Waals surface area contributed by atoms with Crippen LogP contribution in [0, 0.1) is 13.8 Å². The summed E-state index contributed by atoms with van der Waals surface area (Å²) in [7, 11) is 0. The zero-order valence-corrected chi connectivity index (χ0v) is 15.1. The molecule has 0 bridgehead atoms. The van der Waals surface area contributed by atoms with E-state index >= 15 is 0 Å². The molecule has 5 nitrogen and oxygen atoms in total. The summed E-state index contributed by atoms with van der Waals surface area (Å²) in [5, 5.41) is 6.75. The van der Waals surface area contributed by atoms with Gasteiger partial charge in [0, 0.05) is 23.3 Å². The number of rotatable bonds is 7. The standard InChI is InChI=1S/C18H23ClN4O/c1-4-5-6-9-20-18(24)16-11-17(22-13(3)21-16)23-15-10-14(19)8-7-12(15)2/h7-8,10-11H,4-6,9H2,1-3H3,(H,20,24)(H,21,22,23). The van der Waals surface area contributed by atoms with Crippen LogP contribution in [0.1, 0.15) is 48.1 Å². The Morgan fingerprint density at radius 3 is 2.71 bits per heavy atom. The van der Waals surface area contributed by atoms with Gasteiger partial charge in [0.15, 0.2) is 0 Å². The highest BCUT2D eigenvalue weighted by atomic mass is 35.5. The first-order chi connectivity index (χ1) is 11.5. The van der Waals surface area contributed by atoms with Gasteiger partial charge in [-0.3, -0.25) is 4.79 Å². The molecule has 0 saturated carbocycles.